The van der Waals surface area contributed by atoms with Crippen LogP contribution in [-0.4, -0.2) is 24.9 Å². The minimum Gasteiger partial charge on any atom is -0.379 e. The van der Waals surface area contributed by atoms with Gasteiger partial charge in [-0.05, 0) is 34.6 Å². The van der Waals surface area contributed by atoms with Gasteiger partial charge in [-0.3, -0.25) is 0 Å². The number of rotatable bonds is 5. The SMILES string of the molecule is COC(C)(C)CCONC(C)(C)C. The van der Waals surface area contributed by atoms with Crippen LogP contribution < -0.4 is 5.48 Å². The lowest BCUT2D eigenvalue weighted by Gasteiger charge is -2.24. The molecule has 0 saturated carbocycles. The van der Waals surface area contributed by atoms with Crippen LogP contribution in [0.5, 0.6) is 0 Å². The Balaban J connectivity index is 3.47. The Morgan fingerprint density at radius 3 is 2.00 bits per heavy atom. The Morgan fingerprint density at radius 2 is 1.62 bits per heavy atom. The second kappa shape index (κ2) is 4.94. The number of hydrogen-bond acceptors (Lipinski definition) is 3. The first kappa shape index (κ1) is 12.9. The minimum absolute atomic E-state index is 0.0111. The Kier molecular flexibility index (Phi) is 4.89. The zero-order chi connectivity index (χ0) is 10.5. The molecule has 0 heterocycles. The van der Waals surface area contributed by atoms with E-state index in [4.69, 9.17) is 9.57 Å². The van der Waals surface area contributed by atoms with Crippen LogP contribution in [0.25, 0.3) is 0 Å². The molecule has 0 aromatic heterocycles. The second-order valence-electron chi connectivity index (χ2n) is 4.91. The third-order valence-electron chi connectivity index (χ3n) is 1.74. The van der Waals surface area contributed by atoms with Crippen molar-refractivity contribution < 1.29 is 9.57 Å². The van der Waals surface area contributed by atoms with E-state index in [9.17, 15) is 0 Å². The predicted molar refractivity (Wildman–Crippen MR) is 54.5 cm³/mol. The second-order valence-corrected chi connectivity index (χ2v) is 4.91. The fraction of sp³-hybridized carbons (Fsp3) is 1.00. The highest BCUT2D eigenvalue weighted by Crippen LogP contribution is 2.12. The molecule has 0 radical (unpaired) electrons. The van der Waals surface area contributed by atoms with Crippen molar-refractivity contribution in [2.24, 2.45) is 0 Å². The molecule has 3 heteroatoms. The first-order chi connectivity index (χ1) is 5.77. The number of hydrogen-bond donors (Lipinski definition) is 1. The quantitative estimate of drug-likeness (QED) is 0.531. The monoisotopic (exact) mass is 189 g/mol. The number of methoxy groups -OCH3 is 1. The van der Waals surface area contributed by atoms with Crippen LogP contribution in [0.15, 0.2) is 0 Å². The fourth-order valence-corrected chi connectivity index (χ4v) is 0.666. The van der Waals surface area contributed by atoms with Gasteiger partial charge in [-0.15, -0.1) is 0 Å². The molecular formula is C10H23NO2. The molecular weight excluding hydrogens is 166 g/mol. The maximum atomic E-state index is 5.31. The average Bonchev–Trinajstić information content (AvgIpc) is 1.97. The number of ether oxygens (including phenoxy) is 1. The molecule has 0 amide bonds. The first-order valence-electron chi connectivity index (χ1n) is 4.71. The Hall–Kier alpha value is -0.120. The summed E-state index contributed by atoms with van der Waals surface area (Å²) < 4.78 is 5.26. The first-order valence-corrected chi connectivity index (χ1v) is 4.71. The van der Waals surface area contributed by atoms with E-state index in [1.807, 2.05) is 13.8 Å². The van der Waals surface area contributed by atoms with Gasteiger partial charge >= 0.3 is 0 Å². The van der Waals surface area contributed by atoms with Crippen molar-refractivity contribution in [3.63, 3.8) is 0 Å². The molecule has 0 saturated heterocycles. The Labute approximate surface area is 81.8 Å². The summed E-state index contributed by atoms with van der Waals surface area (Å²) in [4.78, 5) is 5.31. The van der Waals surface area contributed by atoms with Crippen molar-refractivity contribution in [3.8, 4) is 0 Å². The number of hydroxylamine groups is 1. The van der Waals surface area contributed by atoms with Crippen LogP contribution in [0.2, 0.25) is 0 Å². The van der Waals surface area contributed by atoms with Gasteiger partial charge in [-0.1, -0.05) is 0 Å². The standard InChI is InChI=1S/C10H23NO2/c1-9(2,3)11-13-8-7-10(4,5)12-6/h11H,7-8H2,1-6H3. The molecule has 0 rings (SSSR count). The summed E-state index contributed by atoms with van der Waals surface area (Å²) in [6, 6.07) is 0. The van der Waals surface area contributed by atoms with Crippen molar-refractivity contribution in [1.29, 1.82) is 0 Å². The lowest BCUT2D eigenvalue weighted by Crippen LogP contribution is -2.37. The Morgan fingerprint density at radius 1 is 1.08 bits per heavy atom. The summed E-state index contributed by atoms with van der Waals surface area (Å²) in [5.74, 6) is 0. The van der Waals surface area contributed by atoms with Crippen LogP contribution >= 0.6 is 0 Å². The van der Waals surface area contributed by atoms with Gasteiger partial charge in [0.05, 0.1) is 12.2 Å². The lowest BCUT2D eigenvalue weighted by atomic mass is 10.1. The summed E-state index contributed by atoms with van der Waals surface area (Å²) in [5, 5.41) is 0. The van der Waals surface area contributed by atoms with Gasteiger partial charge in [0, 0.05) is 19.1 Å². The molecule has 0 aliphatic carbocycles. The van der Waals surface area contributed by atoms with Gasteiger partial charge in [-0.2, -0.15) is 5.48 Å². The molecule has 0 aromatic rings. The van der Waals surface area contributed by atoms with Crippen molar-refractivity contribution in [2.45, 2.75) is 52.2 Å². The summed E-state index contributed by atoms with van der Waals surface area (Å²) >= 11 is 0. The van der Waals surface area contributed by atoms with Crippen LogP contribution in [-0.2, 0) is 9.57 Å². The van der Waals surface area contributed by atoms with Crippen LogP contribution in [0, 0.1) is 0 Å². The summed E-state index contributed by atoms with van der Waals surface area (Å²) in [6.45, 7) is 11.0. The molecule has 0 fully saturated rings. The van der Waals surface area contributed by atoms with Gasteiger partial charge in [0.1, 0.15) is 0 Å². The van der Waals surface area contributed by atoms with Gasteiger partial charge < -0.3 is 9.57 Å². The maximum absolute atomic E-state index is 5.31. The molecule has 80 valence electrons. The van der Waals surface area contributed by atoms with Crippen molar-refractivity contribution in [1.82, 2.24) is 5.48 Å². The molecule has 0 aliphatic heterocycles. The molecule has 13 heavy (non-hydrogen) atoms. The molecule has 1 N–H and O–H groups in total. The van der Waals surface area contributed by atoms with Gasteiger partial charge in [-0.25, -0.2) is 0 Å². The minimum atomic E-state index is -0.0977. The highest BCUT2D eigenvalue weighted by Gasteiger charge is 2.16. The van der Waals surface area contributed by atoms with Crippen molar-refractivity contribution in [3.05, 3.63) is 0 Å². The zero-order valence-corrected chi connectivity index (χ0v) is 9.73. The Bertz CT molecular complexity index is 138. The van der Waals surface area contributed by atoms with Crippen molar-refractivity contribution in [2.75, 3.05) is 13.7 Å². The summed E-state index contributed by atoms with van der Waals surface area (Å²) in [5.41, 5.74) is 2.88. The maximum Gasteiger partial charge on any atom is 0.0709 e. The van der Waals surface area contributed by atoms with E-state index in [0.29, 0.717) is 6.61 Å². The fourth-order valence-electron chi connectivity index (χ4n) is 0.666. The third kappa shape index (κ3) is 8.22. The molecule has 0 bridgehead atoms. The molecule has 0 spiro atoms. The van der Waals surface area contributed by atoms with E-state index < -0.39 is 0 Å². The van der Waals surface area contributed by atoms with E-state index in [1.165, 1.54) is 0 Å². The topological polar surface area (TPSA) is 30.5 Å². The molecule has 0 atom stereocenters. The van der Waals surface area contributed by atoms with E-state index in [1.54, 1.807) is 7.11 Å². The molecule has 0 aliphatic rings. The van der Waals surface area contributed by atoms with E-state index in [-0.39, 0.29) is 11.1 Å². The van der Waals surface area contributed by atoms with Crippen LogP contribution in [0.3, 0.4) is 0 Å². The zero-order valence-electron chi connectivity index (χ0n) is 9.73. The van der Waals surface area contributed by atoms with Gasteiger partial charge in [0.2, 0.25) is 0 Å². The molecule has 0 unspecified atom stereocenters. The summed E-state index contributed by atoms with van der Waals surface area (Å²) in [6.07, 6.45) is 0.882. The largest absolute Gasteiger partial charge is 0.379 e. The number of nitrogens with one attached hydrogen (secondary N) is 1. The van der Waals surface area contributed by atoms with Gasteiger partial charge in [0.15, 0.2) is 0 Å². The predicted octanol–water partition coefficient (Wildman–Crippen LogP) is 2.12. The lowest BCUT2D eigenvalue weighted by molar-refractivity contribution is -0.0512. The van der Waals surface area contributed by atoms with Crippen LogP contribution in [0.1, 0.15) is 41.0 Å². The smallest absolute Gasteiger partial charge is 0.0709 e. The molecule has 3 nitrogen and oxygen atoms in total. The molecule has 0 aromatic carbocycles. The highest BCUT2D eigenvalue weighted by molar-refractivity contribution is 4.67. The highest BCUT2D eigenvalue weighted by atomic mass is 16.6. The summed E-state index contributed by atoms with van der Waals surface area (Å²) in [7, 11) is 1.72. The van der Waals surface area contributed by atoms with E-state index in [2.05, 4.69) is 26.3 Å². The van der Waals surface area contributed by atoms with Gasteiger partial charge in [0.25, 0.3) is 0 Å². The van der Waals surface area contributed by atoms with E-state index in [0.717, 1.165) is 6.42 Å². The average molecular weight is 189 g/mol. The van der Waals surface area contributed by atoms with Crippen molar-refractivity contribution >= 4 is 0 Å². The normalized spacial score (nSPS) is 13.4. The third-order valence-corrected chi connectivity index (χ3v) is 1.74. The van der Waals surface area contributed by atoms with Crippen LogP contribution in [0.4, 0.5) is 0 Å². The van der Waals surface area contributed by atoms with E-state index >= 15 is 0 Å².